The molecule has 0 aromatic heterocycles. The first-order valence-electron chi connectivity index (χ1n) is 9.60. The predicted octanol–water partition coefficient (Wildman–Crippen LogP) is 7.25. The molecule has 0 atom stereocenters. The Bertz CT molecular complexity index is 1350. The molecule has 4 heteroatoms. The van der Waals surface area contributed by atoms with Crippen molar-refractivity contribution in [3.63, 3.8) is 0 Å². The van der Waals surface area contributed by atoms with E-state index in [1.54, 1.807) is 6.07 Å². The first-order valence-corrected chi connectivity index (χ1v) is 11.2. The summed E-state index contributed by atoms with van der Waals surface area (Å²) >= 11 is 7.34. The van der Waals surface area contributed by atoms with Crippen LogP contribution >= 0.6 is 31.9 Å². The Morgan fingerprint density at radius 3 is 1.90 bits per heavy atom. The monoisotopic (exact) mass is 516 g/mol. The molecule has 0 saturated carbocycles. The third-order valence-electron chi connectivity index (χ3n) is 6.36. The second-order valence-electron chi connectivity index (χ2n) is 7.71. The van der Waals surface area contributed by atoms with Crippen LogP contribution in [0.3, 0.4) is 0 Å². The van der Waals surface area contributed by atoms with Crippen molar-refractivity contribution in [1.29, 1.82) is 0 Å². The lowest BCUT2D eigenvalue weighted by atomic mass is 9.70. The zero-order valence-electron chi connectivity index (χ0n) is 15.6. The minimum atomic E-state index is -0.902. The Hall–Kier alpha value is -2.69. The van der Waals surface area contributed by atoms with Crippen LogP contribution in [0.15, 0.2) is 87.8 Å². The topological polar surface area (TPSA) is 37.3 Å². The maximum Gasteiger partial charge on any atom is 0.336 e. The molecule has 144 valence electrons. The van der Waals surface area contributed by atoms with Gasteiger partial charge in [0.2, 0.25) is 0 Å². The summed E-state index contributed by atoms with van der Waals surface area (Å²) in [6.07, 6.45) is 0. The van der Waals surface area contributed by atoms with Gasteiger partial charge in [0.1, 0.15) is 0 Å². The van der Waals surface area contributed by atoms with Gasteiger partial charge in [-0.25, -0.2) is 4.79 Å². The van der Waals surface area contributed by atoms with E-state index in [4.69, 9.17) is 0 Å². The van der Waals surface area contributed by atoms with Crippen LogP contribution in [0.1, 0.15) is 32.6 Å². The Balaban J connectivity index is 1.88. The van der Waals surface area contributed by atoms with Gasteiger partial charge in [0.15, 0.2) is 0 Å². The Morgan fingerprint density at radius 1 is 0.667 bits per heavy atom. The highest BCUT2D eigenvalue weighted by Gasteiger charge is 2.52. The van der Waals surface area contributed by atoms with E-state index in [0.29, 0.717) is 5.56 Å². The van der Waals surface area contributed by atoms with Gasteiger partial charge in [-0.2, -0.15) is 0 Å². The van der Waals surface area contributed by atoms with Crippen LogP contribution in [0.4, 0.5) is 0 Å². The molecule has 6 rings (SSSR count). The molecule has 0 bridgehead atoms. The molecule has 2 aliphatic rings. The summed E-state index contributed by atoms with van der Waals surface area (Å²) < 4.78 is 2.01. The number of hydrogen-bond donors (Lipinski definition) is 1. The summed E-state index contributed by atoms with van der Waals surface area (Å²) in [4.78, 5) is 12.2. The Morgan fingerprint density at radius 2 is 1.27 bits per heavy atom. The van der Waals surface area contributed by atoms with Crippen molar-refractivity contribution < 1.29 is 9.90 Å². The second kappa shape index (κ2) is 6.16. The maximum atomic E-state index is 12.2. The average Bonchev–Trinajstić information content (AvgIpc) is 3.20. The SMILES string of the molecule is O=C(O)c1cccc2c1-c1ccccc1C21c2cc(Br)ccc2-c2ccc(Br)cc21. The fraction of sp³-hybridized carbons (Fsp3) is 0.0385. The fourth-order valence-corrected chi connectivity index (χ4v) is 6.08. The Kier molecular flexibility index (Phi) is 3.72. The number of hydrogen-bond acceptors (Lipinski definition) is 1. The molecule has 0 radical (unpaired) electrons. The van der Waals surface area contributed by atoms with Crippen LogP contribution in [0.25, 0.3) is 22.3 Å². The zero-order chi connectivity index (χ0) is 20.6. The van der Waals surface area contributed by atoms with Crippen LogP contribution in [0.5, 0.6) is 0 Å². The van der Waals surface area contributed by atoms with E-state index in [1.165, 1.54) is 22.3 Å². The van der Waals surface area contributed by atoms with Crippen molar-refractivity contribution >= 4 is 37.8 Å². The highest BCUT2D eigenvalue weighted by atomic mass is 79.9. The van der Waals surface area contributed by atoms with Gasteiger partial charge < -0.3 is 5.11 Å². The van der Waals surface area contributed by atoms with Crippen LogP contribution in [0.2, 0.25) is 0 Å². The molecule has 0 fully saturated rings. The molecule has 2 aliphatic carbocycles. The van der Waals surface area contributed by atoms with Gasteiger partial charge in [-0.05, 0) is 69.3 Å². The molecular formula is C26H14Br2O2. The average molecular weight is 518 g/mol. The molecule has 0 saturated heterocycles. The minimum Gasteiger partial charge on any atom is -0.478 e. The first kappa shape index (κ1) is 18.1. The molecule has 4 aromatic rings. The number of fused-ring (bicyclic) bond motifs is 10. The van der Waals surface area contributed by atoms with Gasteiger partial charge in [-0.1, -0.05) is 80.4 Å². The Labute approximate surface area is 190 Å². The van der Waals surface area contributed by atoms with Crippen molar-refractivity contribution in [1.82, 2.24) is 0 Å². The van der Waals surface area contributed by atoms with Gasteiger partial charge >= 0.3 is 5.97 Å². The van der Waals surface area contributed by atoms with E-state index in [1.807, 2.05) is 24.3 Å². The number of halogens is 2. The van der Waals surface area contributed by atoms with Crippen molar-refractivity contribution in [2.45, 2.75) is 5.41 Å². The lowest BCUT2D eigenvalue weighted by Crippen LogP contribution is -2.26. The van der Waals surface area contributed by atoms with Gasteiger partial charge in [0, 0.05) is 14.5 Å². The van der Waals surface area contributed by atoms with E-state index >= 15 is 0 Å². The molecule has 0 amide bonds. The molecule has 1 spiro atoms. The quantitative estimate of drug-likeness (QED) is 0.249. The van der Waals surface area contributed by atoms with E-state index in [2.05, 4.69) is 80.4 Å². The van der Waals surface area contributed by atoms with Crippen molar-refractivity contribution in [2.75, 3.05) is 0 Å². The van der Waals surface area contributed by atoms with Crippen molar-refractivity contribution in [2.24, 2.45) is 0 Å². The molecule has 0 unspecified atom stereocenters. The van der Waals surface area contributed by atoms with Crippen LogP contribution in [0, 0.1) is 0 Å². The minimum absolute atomic E-state index is 0.344. The van der Waals surface area contributed by atoms with Gasteiger partial charge in [0.25, 0.3) is 0 Å². The normalized spacial score (nSPS) is 14.2. The van der Waals surface area contributed by atoms with E-state index in [0.717, 1.165) is 31.2 Å². The van der Waals surface area contributed by atoms with Gasteiger partial charge in [-0.15, -0.1) is 0 Å². The molecule has 0 heterocycles. The molecule has 2 nitrogen and oxygen atoms in total. The largest absolute Gasteiger partial charge is 0.478 e. The van der Waals surface area contributed by atoms with Crippen LogP contribution < -0.4 is 0 Å². The second-order valence-corrected chi connectivity index (χ2v) is 9.54. The molecule has 30 heavy (non-hydrogen) atoms. The predicted molar refractivity (Wildman–Crippen MR) is 125 cm³/mol. The highest BCUT2D eigenvalue weighted by Crippen LogP contribution is 2.63. The third kappa shape index (κ3) is 2.10. The summed E-state index contributed by atoms with van der Waals surface area (Å²) in [7, 11) is 0. The zero-order valence-corrected chi connectivity index (χ0v) is 18.8. The van der Waals surface area contributed by atoms with Crippen molar-refractivity contribution in [3.8, 4) is 22.3 Å². The summed E-state index contributed by atoms with van der Waals surface area (Å²) in [5.41, 5.74) is 8.49. The van der Waals surface area contributed by atoms with E-state index in [9.17, 15) is 9.90 Å². The van der Waals surface area contributed by atoms with Gasteiger partial charge in [0.05, 0.1) is 11.0 Å². The van der Waals surface area contributed by atoms with E-state index in [-0.39, 0.29) is 0 Å². The number of carboxylic acid groups (broad SMARTS) is 1. The summed E-state index contributed by atoms with van der Waals surface area (Å²) in [5, 5.41) is 9.97. The number of benzene rings is 4. The lowest BCUT2D eigenvalue weighted by molar-refractivity contribution is 0.0697. The molecule has 4 aromatic carbocycles. The number of aromatic carboxylic acids is 1. The van der Waals surface area contributed by atoms with Gasteiger partial charge in [-0.3, -0.25) is 0 Å². The smallest absolute Gasteiger partial charge is 0.336 e. The van der Waals surface area contributed by atoms with E-state index < -0.39 is 11.4 Å². The van der Waals surface area contributed by atoms with Crippen LogP contribution in [-0.2, 0) is 5.41 Å². The molecular weight excluding hydrogens is 504 g/mol. The summed E-state index contributed by atoms with van der Waals surface area (Å²) in [5.74, 6) is -0.902. The number of carbonyl (C=O) groups is 1. The fourth-order valence-electron chi connectivity index (χ4n) is 5.36. The molecule has 0 aliphatic heterocycles. The molecule has 1 N–H and O–H groups in total. The van der Waals surface area contributed by atoms with Crippen LogP contribution in [-0.4, -0.2) is 11.1 Å². The number of rotatable bonds is 1. The standard InChI is InChI=1S/C26H14Br2O2/c27-14-8-10-16-17-11-9-15(28)13-23(17)26(22(16)12-14)20-6-2-1-4-18(20)24-19(25(29)30)5-3-7-21(24)26/h1-13H,(H,29,30). The first-order chi connectivity index (χ1) is 14.5. The number of carboxylic acids is 1. The van der Waals surface area contributed by atoms with Crippen molar-refractivity contribution in [3.05, 3.63) is 116 Å². The summed E-state index contributed by atoms with van der Waals surface area (Å²) in [6, 6.07) is 26.7. The maximum absolute atomic E-state index is 12.2. The summed E-state index contributed by atoms with van der Waals surface area (Å²) in [6.45, 7) is 0. The lowest BCUT2D eigenvalue weighted by Gasteiger charge is -2.30. The highest BCUT2D eigenvalue weighted by molar-refractivity contribution is 9.10. The third-order valence-corrected chi connectivity index (χ3v) is 7.35.